The second-order valence-corrected chi connectivity index (χ2v) is 10.2. The van der Waals surface area contributed by atoms with Crippen LogP contribution < -0.4 is 21.1 Å². The van der Waals surface area contributed by atoms with Gasteiger partial charge in [0.15, 0.2) is 17.2 Å². The maximum atomic E-state index is 14.9. The van der Waals surface area contributed by atoms with Crippen molar-refractivity contribution in [2.45, 2.75) is 40.7 Å². The predicted molar refractivity (Wildman–Crippen MR) is 136 cm³/mol. The maximum Gasteiger partial charge on any atom is 0.265 e. The number of fused-ring (bicyclic) bond motifs is 1. The third-order valence-electron chi connectivity index (χ3n) is 6.59. The molecule has 15 heteroatoms. The van der Waals surface area contributed by atoms with Crippen molar-refractivity contribution in [2.75, 3.05) is 30.8 Å². The quantitative estimate of drug-likeness (QED) is 0.287. The van der Waals surface area contributed by atoms with Crippen LogP contribution in [0.3, 0.4) is 0 Å². The molecule has 1 aliphatic rings. The number of hydrogen-bond acceptors (Lipinski definition) is 10. The Morgan fingerprint density at radius 3 is 2.64 bits per heavy atom. The topological polar surface area (TPSA) is 141 Å². The Hall–Kier alpha value is -3.69. The molecule has 206 valence electrons. The normalized spacial score (nSPS) is 18.6. The number of alkyl halides is 2. The van der Waals surface area contributed by atoms with Gasteiger partial charge in [0.25, 0.3) is 6.43 Å². The molecule has 5 rings (SSSR count). The van der Waals surface area contributed by atoms with E-state index in [0.29, 0.717) is 34.2 Å². The molecule has 0 spiro atoms. The number of aliphatic hydroxyl groups is 1. The van der Waals surface area contributed by atoms with E-state index in [1.807, 2.05) is 0 Å². The van der Waals surface area contributed by atoms with Crippen LogP contribution in [-0.4, -0.2) is 67.9 Å². The minimum atomic E-state index is -3.02. The molecule has 0 bridgehead atoms. The average Bonchev–Trinajstić information content (AvgIpc) is 3.33. The van der Waals surface area contributed by atoms with Gasteiger partial charge >= 0.3 is 0 Å². The Morgan fingerprint density at radius 1 is 1.10 bits per heavy atom. The minimum Gasteiger partial charge on any atom is -0.494 e. The van der Waals surface area contributed by atoms with Crippen LogP contribution in [-0.2, 0) is 0 Å². The van der Waals surface area contributed by atoms with Gasteiger partial charge in [-0.15, -0.1) is 0 Å². The maximum absolute atomic E-state index is 14.9. The Labute approximate surface area is 224 Å². The lowest BCUT2D eigenvalue weighted by molar-refractivity contribution is -0.0530. The first-order valence-electron chi connectivity index (χ1n) is 11.8. The molecule has 0 aliphatic carbocycles. The third-order valence-corrected chi connectivity index (χ3v) is 7.61. The fraction of sp³-hybridized carbons (Fsp3) is 0.333. The van der Waals surface area contributed by atoms with Gasteiger partial charge in [-0.1, -0.05) is 11.8 Å². The van der Waals surface area contributed by atoms with Crippen LogP contribution in [0, 0.1) is 11.6 Å². The minimum absolute atomic E-state index is 0.0550. The molecule has 1 aliphatic heterocycles. The molecule has 0 unspecified atom stereocenters. The van der Waals surface area contributed by atoms with Crippen molar-refractivity contribution >= 4 is 29.2 Å². The van der Waals surface area contributed by atoms with Crippen LogP contribution in [0.15, 0.2) is 46.7 Å². The summed E-state index contributed by atoms with van der Waals surface area (Å²) >= 11 is 1.17. The second-order valence-electron chi connectivity index (χ2n) is 9.13. The summed E-state index contributed by atoms with van der Waals surface area (Å²) in [6, 6.07) is 3.55. The SMILES string of the molecule is COc1cc(F)c(-c2cnc(N3CCC[C@](N)([C@H](O)C(F)F)C3)c(Sc3cnn4c(N)ncnc34)c2)cc1F. The molecule has 4 aromatic rings. The molecule has 0 amide bonds. The van der Waals surface area contributed by atoms with Gasteiger partial charge in [-0.05, 0) is 25.0 Å². The number of rotatable bonds is 7. The number of aliphatic hydroxyl groups excluding tert-OH is 1. The lowest BCUT2D eigenvalue weighted by Crippen LogP contribution is -2.63. The van der Waals surface area contributed by atoms with Gasteiger partial charge in [-0.2, -0.15) is 9.61 Å². The zero-order valence-electron chi connectivity index (χ0n) is 20.6. The zero-order chi connectivity index (χ0) is 27.9. The van der Waals surface area contributed by atoms with Gasteiger partial charge in [0.2, 0.25) is 5.95 Å². The number of aromatic nitrogens is 5. The number of benzene rings is 1. The summed E-state index contributed by atoms with van der Waals surface area (Å²) in [4.78, 5) is 15.4. The summed E-state index contributed by atoms with van der Waals surface area (Å²) in [5, 5.41) is 14.3. The van der Waals surface area contributed by atoms with E-state index in [1.165, 1.54) is 42.1 Å². The van der Waals surface area contributed by atoms with Gasteiger partial charge in [0.1, 0.15) is 24.1 Å². The standard InChI is InChI=1S/C24H24F4N8O2S/c1-38-16-7-14(25)13(6-15(16)26)12-5-17(39-18-9-34-36-22(18)32-11-33-23(36)29)21(31-8-12)35-4-2-3-24(30,10-35)19(37)20(27)28/h5-9,11,19-20,37H,2-4,10,30H2,1H3,(H2,29,32,33)/t19-,24-/m1/s1. The Bertz CT molecular complexity index is 1520. The summed E-state index contributed by atoms with van der Waals surface area (Å²) in [6.45, 7) is 0.317. The Morgan fingerprint density at radius 2 is 1.90 bits per heavy atom. The van der Waals surface area contributed by atoms with Crippen LogP contribution >= 0.6 is 11.8 Å². The van der Waals surface area contributed by atoms with Crippen molar-refractivity contribution in [3.8, 4) is 16.9 Å². The Kier molecular flexibility index (Phi) is 7.22. The van der Waals surface area contributed by atoms with Crippen LogP contribution in [0.25, 0.3) is 16.8 Å². The van der Waals surface area contributed by atoms with Gasteiger partial charge < -0.3 is 26.2 Å². The molecule has 39 heavy (non-hydrogen) atoms. The van der Waals surface area contributed by atoms with E-state index in [2.05, 4.69) is 20.1 Å². The van der Waals surface area contributed by atoms with E-state index in [4.69, 9.17) is 16.2 Å². The average molecular weight is 565 g/mol. The highest BCUT2D eigenvalue weighted by Crippen LogP contribution is 2.41. The number of hydrogen-bond donors (Lipinski definition) is 3. The fourth-order valence-electron chi connectivity index (χ4n) is 4.59. The lowest BCUT2D eigenvalue weighted by atomic mass is 9.84. The highest BCUT2D eigenvalue weighted by molar-refractivity contribution is 7.99. The monoisotopic (exact) mass is 564 g/mol. The first-order chi connectivity index (χ1) is 18.6. The molecule has 1 fully saturated rings. The van der Waals surface area contributed by atoms with Gasteiger partial charge in [-0.3, -0.25) is 0 Å². The van der Waals surface area contributed by atoms with Crippen LogP contribution in [0.1, 0.15) is 12.8 Å². The lowest BCUT2D eigenvalue weighted by Gasteiger charge is -2.43. The van der Waals surface area contributed by atoms with Crippen molar-refractivity contribution in [2.24, 2.45) is 5.73 Å². The number of methoxy groups -OCH3 is 1. The van der Waals surface area contributed by atoms with Gasteiger partial charge in [0, 0.05) is 36.5 Å². The highest BCUT2D eigenvalue weighted by atomic mass is 32.2. The first kappa shape index (κ1) is 26.9. The van der Waals surface area contributed by atoms with E-state index in [9.17, 15) is 22.7 Å². The predicted octanol–water partition coefficient (Wildman–Crippen LogP) is 3.13. The number of anilines is 2. The number of nitrogens with two attached hydrogens (primary N) is 2. The highest BCUT2D eigenvalue weighted by Gasteiger charge is 2.43. The molecule has 1 aromatic carbocycles. The zero-order valence-corrected chi connectivity index (χ0v) is 21.4. The first-order valence-corrected chi connectivity index (χ1v) is 12.6. The van der Waals surface area contributed by atoms with Crippen LogP contribution in [0.2, 0.25) is 0 Å². The largest absolute Gasteiger partial charge is 0.494 e. The molecule has 5 N–H and O–H groups in total. The summed E-state index contributed by atoms with van der Waals surface area (Å²) in [5.74, 6) is -1.26. The Balaban J connectivity index is 1.60. The number of piperidine rings is 1. The number of nitrogens with zero attached hydrogens (tertiary/aromatic N) is 6. The molecule has 2 atom stereocenters. The van der Waals surface area contributed by atoms with Crippen molar-refractivity contribution in [1.29, 1.82) is 0 Å². The molecular weight excluding hydrogens is 540 g/mol. The third kappa shape index (κ3) is 5.04. The molecule has 0 radical (unpaired) electrons. The van der Waals surface area contributed by atoms with Crippen molar-refractivity contribution < 1.29 is 27.4 Å². The van der Waals surface area contributed by atoms with E-state index >= 15 is 0 Å². The molecule has 1 saturated heterocycles. The van der Waals surface area contributed by atoms with Crippen LogP contribution in [0.5, 0.6) is 5.75 Å². The summed E-state index contributed by atoms with van der Waals surface area (Å²) in [5.41, 5.74) is 11.1. The summed E-state index contributed by atoms with van der Waals surface area (Å²) in [7, 11) is 1.23. The molecule has 3 aromatic heterocycles. The van der Waals surface area contributed by atoms with E-state index in [-0.39, 0.29) is 35.8 Å². The number of halogens is 4. The van der Waals surface area contributed by atoms with E-state index < -0.39 is 29.7 Å². The molecular formula is C24H24F4N8O2S. The molecule has 10 nitrogen and oxygen atoms in total. The van der Waals surface area contributed by atoms with E-state index in [0.717, 1.165) is 12.1 Å². The fourth-order valence-corrected chi connectivity index (χ4v) is 5.62. The van der Waals surface area contributed by atoms with Crippen LogP contribution in [0.4, 0.5) is 29.3 Å². The number of pyridine rings is 1. The van der Waals surface area contributed by atoms with Crippen molar-refractivity contribution in [3.05, 3.63) is 48.6 Å². The second kappa shape index (κ2) is 10.5. The number of ether oxygens (including phenoxy) is 1. The smallest absolute Gasteiger partial charge is 0.265 e. The van der Waals surface area contributed by atoms with Crippen molar-refractivity contribution in [3.63, 3.8) is 0 Å². The van der Waals surface area contributed by atoms with Crippen molar-refractivity contribution in [1.82, 2.24) is 24.6 Å². The summed E-state index contributed by atoms with van der Waals surface area (Å²) < 4.78 is 62.4. The summed E-state index contributed by atoms with van der Waals surface area (Å²) in [6.07, 6.45) is -0.291. The number of nitrogen functional groups attached to an aromatic ring is 1. The molecule has 4 heterocycles. The van der Waals surface area contributed by atoms with E-state index in [1.54, 1.807) is 11.0 Å². The van der Waals surface area contributed by atoms with Gasteiger partial charge in [-0.25, -0.2) is 32.5 Å². The molecule has 0 saturated carbocycles. The van der Waals surface area contributed by atoms with Gasteiger partial charge in [0.05, 0.1) is 28.6 Å².